The fourth-order valence-corrected chi connectivity index (χ4v) is 5.47. The number of piperazine rings is 1. The largest absolute Gasteiger partial charge is 0.435 e. The molecule has 242 valence electrons. The summed E-state index contributed by atoms with van der Waals surface area (Å²) in [6.45, 7) is 2.63. The molecule has 4 heterocycles. The van der Waals surface area contributed by atoms with Crippen molar-refractivity contribution in [2.45, 2.75) is 38.4 Å². The minimum absolute atomic E-state index is 0.0294. The van der Waals surface area contributed by atoms with E-state index in [9.17, 15) is 40.7 Å². The van der Waals surface area contributed by atoms with Gasteiger partial charge in [-0.1, -0.05) is 6.07 Å². The number of H-pyrrole nitrogens is 2. The summed E-state index contributed by atoms with van der Waals surface area (Å²) in [7, 11) is 0. The molecule has 0 bridgehead atoms. The number of alkyl halides is 5. The number of hydrogen-bond acceptors (Lipinski definition) is 6. The Hall–Kier alpha value is -4.41. The molecule has 11 nitrogen and oxygen atoms in total. The summed E-state index contributed by atoms with van der Waals surface area (Å²) in [4.78, 5) is 47.8. The number of nitrogens with one attached hydrogen (secondary N) is 4. The lowest BCUT2D eigenvalue weighted by Gasteiger charge is -2.37. The summed E-state index contributed by atoms with van der Waals surface area (Å²) in [5.41, 5.74) is -2.82. The fourth-order valence-electron chi connectivity index (χ4n) is 5.47. The molecule has 5 rings (SSSR count). The maximum atomic E-state index is 15.0. The quantitative estimate of drug-likeness (QED) is 0.280. The van der Waals surface area contributed by atoms with Gasteiger partial charge in [-0.3, -0.25) is 19.5 Å². The van der Waals surface area contributed by atoms with E-state index >= 15 is 0 Å². The van der Waals surface area contributed by atoms with Gasteiger partial charge in [0.15, 0.2) is 11.5 Å². The number of carbonyl (C=O) groups excluding carboxylic acids is 3. The van der Waals surface area contributed by atoms with Gasteiger partial charge in [-0.05, 0) is 43.6 Å². The summed E-state index contributed by atoms with van der Waals surface area (Å²) in [5.74, 6) is -2.55. The first-order valence-electron chi connectivity index (χ1n) is 14.3. The van der Waals surface area contributed by atoms with Crippen molar-refractivity contribution in [1.29, 1.82) is 0 Å². The second-order valence-electron chi connectivity index (χ2n) is 10.8. The van der Waals surface area contributed by atoms with Crippen LogP contribution < -0.4 is 10.6 Å². The Labute approximate surface area is 252 Å². The van der Waals surface area contributed by atoms with E-state index in [-0.39, 0.29) is 48.3 Å². The van der Waals surface area contributed by atoms with Crippen molar-refractivity contribution in [1.82, 2.24) is 40.6 Å². The topological polar surface area (TPSA) is 139 Å². The molecule has 17 heteroatoms. The molecule has 4 N–H and O–H groups in total. The molecule has 0 saturated carbocycles. The molecule has 2 aliphatic rings. The smallest absolute Gasteiger partial charge is 0.345 e. The Kier molecular flexibility index (Phi) is 9.45. The molecule has 45 heavy (non-hydrogen) atoms. The number of aromatic amines is 2. The van der Waals surface area contributed by atoms with Crippen LogP contribution in [0.25, 0.3) is 11.3 Å². The Morgan fingerprint density at radius 3 is 2.38 bits per heavy atom. The summed E-state index contributed by atoms with van der Waals surface area (Å²) < 4.78 is 81.1. The molecule has 0 atom stereocenters. The highest BCUT2D eigenvalue weighted by Crippen LogP contribution is 2.37. The van der Waals surface area contributed by atoms with Gasteiger partial charge in [0.25, 0.3) is 11.8 Å². The van der Waals surface area contributed by atoms with Crippen molar-refractivity contribution in [3.8, 4) is 11.3 Å². The van der Waals surface area contributed by atoms with Crippen molar-refractivity contribution in [3.05, 3.63) is 58.6 Å². The van der Waals surface area contributed by atoms with Crippen LogP contribution in [-0.2, 0) is 23.9 Å². The van der Waals surface area contributed by atoms with Crippen LogP contribution >= 0.6 is 0 Å². The molecule has 0 radical (unpaired) electrons. The molecule has 2 fully saturated rings. The molecule has 3 amide bonds. The van der Waals surface area contributed by atoms with Gasteiger partial charge in [0.1, 0.15) is 5.82 Å². The average molecular weight is 641 g/mol. The second-order valence-corrected chi connectivity index (χ2v) is 10.8. The van der Waals surface area contributed by atoms with Gasteiger partial charge < -0.3 is 25.4 Å². The Morgan fingerprint density at radius 1 is 1.04 bits per heavy atom. The van der Waals surface area contributed by atoms with E-state index in [1.807, 2.05) is 5.10 Å². The predicted octanol–water partition coefficient (Wildman–Crippen LogP) is 2.98. The molecule has 0 spiro atoms. The average Bonchev–Trinajstić information content (AvgIpc) is 3.67. The minimum atomic E-state index is -4.96. The van der Waals surface area contributed by atoms with Gasteiger partial charge in [0.05, 0.1) is 35.1 Å². The molecular formula is C28H30F6N8O3. The van der Waals surface area contributed by atoms with E-state index in [0.717, 1.165) is 38.2 Å². The van der Waals surface area contributed by atoms with Gasteiger partial charge in [-0.25, -0.2) is 18.2 Å². The number of piperidine rings is 1. The van der Waals surface area contributed by atoms with Crippen molar-refractivity contribution in [3.63, 3.8) is 0 Å². The summed E-state index contributed by atoms with van der Waals surface area (Å²) in [6, 6.07) is 3.81. The van der Waals surface area contributed by atoms with E-state index in [4.69, 9.17) is 0 Å². The summed E-state index contributed by atoms with van der Waals surface area (Å²) in [6.07, 6.45) is -6.50. The summed E-state index contributed by atoms with van der Waals surface area (Å²) >= 11 is 0. The lowest BCUT2D eigenvalue weighted by molar-refractivity contribution is -0.140. The first-order chi connectivity index (χ1) is 21.4. The molecule has 2 aliphatic heterocycles. The number of aromatic nitrogens is 4. The van der Waals surface area contributed by atoms with Gasteiger partial charge in [0.2, 0.25) is 12.3 Å². The predicted molar refractivity (Wildman–Crippen MR) is 147 cm³/mol. The zero-order chi connectivity index (χ0) is 32.3. The minimum Gasteiger partial charge on any atom is -0.345 e. The maximum Gasteiger partial charge on any atom is 0.435 e. The van der Waals surface area contributed by atoms with Crippen LogP contribution in [-0.4, -0.2) is 93.4 Å². The number of rotatable bonds is 8. The first-order valence-corrected chi connectivity index (χ1v) is 14.3. The van der Waals surface area contributed by atoms with Crippen LogP contribution in [0.15, 0.2) is 24.4 Å². The Morgan fingerprint density at radius 2 is 1.73 bits per heavy atom. The van der Waals surface area contributed by atoms with Crippen LogP contribution in [0.5, 0.6) is 0 Å². The van der Waals surface area contributed by atoms with Crippen molar-refractivity contribution < 1.29 is 40.7 Å². The van der Waals surface area contributed by atoms with Gasteiger partial charge in [-0.2, -0.15) is 18.3 Å². The van der Waals surface area contributed by atoms with Crippen LogP contribution in [0.2, 0.25) is 0 Å². The van der Waals surface area contributed by atoms with Crippen LogP contribution in [0.4, 0.5) is 26.3 Å². The molecule has 0 unspecified atom stereocenters. The SMILES string of the molecule is O=C(NCc1ccc(C(=O)N2CCN(C(=O)C3CCNCC3)CC2)c(F)c1)c1ncc(-c2c(C(F)(F)F)n[nH]c2CC(F)F)[nH]1. The highest BCUT2D eigenvalue weighted by atomic mass is 19.4. The standard InChI is InChI=1S/C28H30F6N8O3/c29-18-11-15(1-2-17(18)27(45)42-9-7-41(8-10-42)26(44)16-3-5-35-6-4-16)13-37-25(43)24-36-14-20(38-24)22-19(12-21(30)31)39-40-23(22)28(32,33)34/h1-2,11,14,16,21,35H,3-10,12-13H2,(H,36,38)(H,37,43)(H,39,40). The van der Waals surface area contributed by atoms with Crippen LogP contribution in [0.3, 0.4) is 0 Å². The van der Waals surface area contributed by atoms with E-state index in [0.29, 0.717) is 13.1 Å². The Bertz CT molecular complexity index is 1540. The number of halogens is 6. The Balaban J connectivity index is 1.18. The van der Waals surface area contributed by atoms with Gasteiger partial charge in [0, 0.05) is 38.6 Å². The number of nitrogens with zero attached hydrogens (tertiary/aromatic N) is 4. The van der Waals surface area contributed by atoms with Crippen molar-refractivity contribution in [2.75, 3.05) is 39.3 Å². The maximum absolute atomic E-state index is 15.0. The van der Waals surface area contributed by atoms with Crippen molar-refractivity contribution in [2.24, 2.45) is 5.92 Å². The third kappa shape index (κ3) is 7.29. The molecule has 2 aromatic heterocycles. The normalized spacial score (nSPS) is 16.3. The molecular weight excluding hydrogens is 610 g/mol. The van der Waals surface area contributed by atoms with Crippen molar-refractivity contribution >= 4 is 17.7 Å². The number of hydrogen-bond donors (Lipinski definition) is 4. The molecule has 0 aliphatic carbocycles. The summed E-state index contributed by atoms with van der Waals surface area (Å²) in [5, 5.41) is 10.8. The first kappa shape index (κ1) is 32.0. The van der Waals surface area contributed by atoms with Crippen LogP contribution in [0, 0.1) is 11.7 Å². The number of amides is 3. The zero-order valence-electron chi connectivity index (χ0n) is 23.8. The van der Waals surface area contributed by atoms with E-state index in [1.165, 1.54) is 17.0 Å². The molecule has 2 saturated heterocycles. The molecule has 3 aromatic rings. The van der Waals surface area contributed by atoms with Crippen LogP contribution in [0.1, 0.15) is 50.8 Å². The van der Waals surface area contributed by atoms with Gasteiger partial charge in [-0.15, -0.1) is 0 Å². The number of benzene rings is 1. The lowest BCUT2D eigenvalue weighted by atomic mass is 9.96. The highest BCUT2D eigenvalue weighted by Gasteiger charge is 2.39. The third-order valence-electron chi connectivity index (χ3n) is 7.81. The fraction of sp³-hybridized carbons (Fsp3) is 0.464. The molecule has 1 aromatic carbocycles. The van der Waals surface area contributed by atoms with E-state index < -0.39 is 59.4 Å². The zero-order valence-corrected chi connectivity index (χ0v) is 23.8. The number of imidazole rings is 1. The third-order valence-corrected chi connectivity index (χ3v) is 7.81. The number of carbonyl (C=O) groups is 3. The lowest BCUT2D eigenvalue weighted by Crippen LogP contribution is -2.52. The second kappa shape index (κ2) is 13.3. The van der Waals surface area contributed by atoms with Gasteiger partial charge >= 0.3 is 6.18 Å². The van der Waals surface area contributed by atoms with E-state index in [1.54, 1.807) is 4.90 Å². The highest BCUT2D eigenvalue weighted by molar-refractivity contribution is 5.95. The van der Waals surface area contributed by atoms with E-state index in [2.05, 4.69) is 25.7 Å². The monoisotopic (exact) mass is 640 g/mol.